The molecule has 1 aliphatic rings. The van der Waals surface area contributed by atoms with Crippen molar-refractivity contribution in [2.75, 3.05) is 11.5 Å². The van der Waals surface area contributed by atoms with Crippen LogP contribution in [0.3, 0.4) is 0 Å². The van der Waals surface area contributed by atoms with Gasteiger partial charge in [-0.15, -0.1) is 0 Å². The van der Waals surface area contributed by atoms with Gasteiger partial charge >= 0.3 is 0 Å². The number of hydrogen-bond acceptors (Lipinski definition) is 8. The Labute approximate surface area is 118 Å². The molecular formula is C12H21N7O. The van der Waals surface area contributed by atoms with Crippen molar-refractivity contribution in [2.45, 2.75) is 26.7 Å². The minimum Gasteiger partial charge on any atom is -0.425 e. The van der Waals surface area contributed by atoms with Gasteiger partial charge in [0, 0.05) is 5.92 Å². The van der Waals surface area contributed by atoms with E-state index in [1.54, 1.807) is 0 Å². The van der Waals surface area contributed by atoms with E-state index in [1.807, 2.05) is 13.8 Å². The van der Waals surface area contributed by atoms with Gasteiger partial charge in [0.25, 0.3) is 0 Å². The molecule has 0 saturated heterocycles. The van der Waals surface area contributed by atoms with Crippen LogP contribution in [-0.4, -0.2) is 28.5 Å². The predicted molar refractivity (Wildman–Crippen MR) is 80.4 cm³/mol. The van der Waals surface area contributed by atoms with Gasteiger partial charge < -0.3 is 21.6 Å². The van der Waals surface area contributed by atoms with E-state index in [0.29, 0.717) is 0 Å². The molecule has 8 nitrogen and oxygen atoms in total. The first-order valence-electron chi connectivity index (χ1n) is 6.16. The molecule has 0 aromatic carbocycles. The summed E-state index contributed by atoms with van der Waals surface area (Å²) in [5.74, 6) is 0.106. The molecular weight excluding hydrogens is 258 g/mol. The van der Waals surface area contributed by atoms with E-state index < -0.39 is 0 Å². The monoisotopic (exact) mass is 279 g/mol. The summed E-state index contributed by atoms with van der Waals surface area (Å²) < 4.78 is 5.05. The molecule has 1 aromatic heterocycles. The molecule has 1 saturated carbocycles. The van der Waals surface area contributed by atoms with Gasteiger partial charge in [0.1, 0.15) is 23.5 Å². The van der Waals surface area contributed by atoms with Gasteiger partial charge in [0.15, 0.2) is 5.90 Å². The Kier molecular flexibility index (Phi) is 7.49. The molecule has 7 N–H and O–H groups in total. The molecule has 0 aliphatic heterocycles. The second-order valence-electron chi connectivity index (χ2n) is 3.59. The average Bonchev–Trinajstić information content (AvgIpc) is 3.27. The molecule has 0 spiro atoms. The number of nitrogens with one attached hydrogen (secondary N) is 3. The molecule has 0 bridgehead atoms. The Balaban J connectivity index is 0.000000829. The SMILES string of the molecule is C=N.CC.N=C(OC(=N)C1CC1)c1c(N)ncnc1N. The van der Waals surface area contributed by atoms with Crippen LogP contribution in [0.15, 0.2) is 6.33 Å². The quantitative estimate of drug-likeness (QED) is 0.410. The number of aromatic nitrogens is 2. The summed E-state index contributed by atoms with van der Waals surface area (Å²) in [7, 11) is 0. The normalized spacial score (nSPS) is 12.1. The van der Waals surface area contributed by atoms with E-state index in [4.69, 9.17) is 32.4 Å². The molecule has 2 rings (SSSR count). The first-order valence-corrected chi connectivity index (χ1v) is 6.16. The number of nitrogens with zero attached hydrogens (tertiary/aromatic N) is 2. The summed E-state index contributed by atoms with van der Waals surface area (Å²) in [4.78, 5) is 7.45. The Morgan fingerprint density at radius 3 is 2.05 bits per heavy atom. The van der Waals surface area contributed by atoms with Crippen LogP contribution in [0.2, 0.25) is 0 Å². The molecule has 110 valence electrons. The van der Waals surface area contributed by atoms with Crippen LogP contribution in [0.4, 0.5) is 11.6 Å². The Hall–Kier alpha value is -2.51. The van der Waals surface area contributed by atoms with Crippen molar-refractivity contribution in [2.24, 2.45) is 5.92 Å². The lowest BCUT2D eigenvalue weighted by Crippen LogP contribution is -2.17. The summed E-state index contributed by atoms with van der Waals surface area (Å²) in [5, 5.41) is 20.7. The second-order valence-corrected chi connectivity index (χ2v) is 3.59. The van der Waals surface area contributed by atoms with Crippen LogP contribution in [-0.2, 0) is 4.74 Å². The van der Waals surface area contributed by atoms with Gasteiger partial charge in [-0.2, -0.15) is 0 Å². The van der Waals surface area contributed by atoms with Crippen LogP contribution in [0, 0.1) is 22.1 Å². The zero-order valence-corrected chi connectivity index (χ0v) is 11.7. The van der Waals surface area contributed by atoms with Gasteiger partial charge in [0.05, 0.1) is 0 Å². The smallest absolute Gasteiger partial charge is 0.228 e. The van der Waals surface area contributed by atoms with E-state index >= 15 is 0 Å². The summed E-state index contributed by atoms with van der Waals surface area (Å²) in [6.07, 6.45) is 3.08. The minimum atomic E-state index is -0.271. The second kappa shape index (κ2) is 8.57. The molecule has 1 aromatic rings. The number of nitrogens with two attached hydrogens (primary N) is 2. The summed E-state index contributed by atoms with van der Waals surface area (Å²) in [5.41, 5.74) is 11.3. The molecule has 0 atom stereocenters. The first-order chi connectivity index (χ1) is 9.59. The van der Waals surface area contributed by atoms with Gasteiger partial charge in [-0.05, 0) is 19.6 Å². The highest BCUT2D eigenvalue weighted by Gasteiger charge is 2.29. The average molecular weight is 279 g/mol. The van der Waals surface area contributed by atoms with Crippen molar-refractivity contribution < 1.29 is 4.74 Å². The standard InChI is InChI=1S/C9H12N6O.C2H6.CH3N/c10-6-5(7(11)15-3-14-6)9(13)16-8(12)4-1-2-4;2*1-2/h3-4,12-13H,1-2H2,(H4,10,11,14,15);1-2H3;2H,1H2. The minimum absolute atomic E-state index is 0.0765. The highest BCUT2D eigenvalue weighted by atomic mass is 16.5. The molecule has 0 radical (unpaired) electrons. The fourth-order valence-electron chi connectivity index (χ4n) is 1.24. The van der Waals surface area contributed by atoms with Crippen molar-refractivity contribution in [3.8, 4) is 0 Å². The maximum absolute atomic E-state index is 7.66. The van der Waals surface area contributed by atoms with Crippen LogP contribution in [0.1, 0.15) is 32.3 Å². The number of hydrogen-bond donors (Lipinski definition) is 5. The van der Waals surface area contributed by atoms with Crippen molar-refractivity contribution in [3.05, 3.63) is 11.9 Å². The van der Waals surface area contributed by atoms with Crippen molar-refractivity contribution >= 4 is 30.1 Å². The molecule has 1 heterocycles. The van der Waals surface area contributed by atoms with Crippen molar-refractivity contribution in [1.82, 2.24) is 9.97 Å². The topological polar surface area (TPSA) is 159 Å². The zero-order chi connectivity index (χ0) is 15.7. The van der Waals surface area contributed by atoms with Crippen LogP contribution in [0.5, 0.6) is 0 Å². The highest BCUT2D eigenvalue weighted by Crippen LogP contribution is 2.31. The van der Waals surface area contributed by atoms with E-state index in [2.05, 4.69) is 16.7 Å². The Morgan fingerprint density at radius 1 is 1.20 bits per heavy atom. The number of ether oxygens (including phenoxy) is 1. The van der Waals surface area contributed by atoms with E-state index in [9.17, 15) is 0 Å². The first kappa shape index (κ1) is 17.5. The lowest BCUT2D eigenvalue weighted by molar-refractivity contribution is 0.512. The van der Waals surface area contributed by atoms with Gasteiger partial charge in [-0.25, -0.2) is 9.97 Å². The molecule has 0 amide bonds. The number of anilines is 2. The van der Waals surface area contributed by atoms with Gasteiger partial charge in [0.2, 0.25) is 5.90 Å². The summed E-state index contributed by atoms with van der Waals surface area (Å²) in [6, 6.07) is 0. The van der Waals surface area contributed by atoms with Crippen LogP contribution in [0.25, 0.3) is 0 Å². The fourth-order valence-corrected chi connectivity index (χ4v) is 1.24. The molecule has 0 unspecified atom stereocenters. The fraction of sp³-hybridized carbons (Fsp3) is 0.417. The molecule has 8 heteroatoms. The van der Waals surface area contributed by atoms with Gasteiger partial charge in [-0.1, -0.05) is 13.8 Å². The third-order valence-corrected chi connectivity index (χ3v) is 2.29. The summed E-state index contributed by atoms with van der Waals surface area (Å²) >= 11 is 0. The van der Waals surface area contributed by atoms with Crippen molar-refractivity contribution in [1.29, 1.82) is 16.2 Å². The third-order valence-electron chi connectivity index (χ3n) is 2.29. The molecule has 1 fully saturated rings. The number of nitrogen functional groups attached to an aromatic ring is 2. The van der Waals surface area contributed by atoms with Gasteiger partial charge in [-0.3, -0.25) is 10.8 Å². The highest BCUT2D eigenvalue weighted by molar-refractivity contribution is 6.05. The Morgan fingerprint density at radius 2 is 1.65 bits per heavy atom. The molecule has 1 aliphatic carbocycles. The Bertz CT molecular complexity index is 451. The maximum atomic E-state index is 7.66. The van der Waals surface area contributed by atoms with Crippen molar-refractivity contribution in [3.63, 3.8) is 0 Å². The zero-order valence-electron chi connectivity index (χ0n) is 11.7. The van der Waals surface area contributed by atoms with E-state index in [0.717, 1.165) is 12.8 Å². The van der Waals surface area contributed by atoms with E-state index in [-0.39, 0.29) is 34.9 Å². The molecule has 20 heavy (non-hydrogen) atoms. The lowest BCUT2D eigenvalue weighted by Gasteiger charge is -2.09. The summed E-state index contributed by atoms with van der Waals surface area (Å²) in [6.45, 7) is 6.50. The lowest BCUT2D eigenvalue weighted by atomic mass is 10.2. The largest absolute Gasteiger partial charge is 0.425 e. The maximum Gasteiger partial charge on any atom is 0.228 e. The number of rotatable bonds is 2. The van der Waals surface area contributed by atoms with Crippen LogP contribution < -0.4 is 11.5 Å². The van der Waals surface area contributed by atoms with Crippen LogP contribution >= 0.6 is 0 Å². The van der Waals surface area contributed by atoms with E-state index in [1.165, 1.54) is 6.33 Å². The predicted octanol–water partition coefficient (Wildman–Crippen LogP) is 1.66. The third kappa shape index (κ3) is 4.63.